The number of rotatable bonds is 9. The second-order valence-electron chi connectivity index (χ2n) is 6.02. The highest BCUT2D eigenvalue weighted by atomic mass is 79.9. The second-order valence-corrected chi connectivity index (χ2v) is 8.88. The standard InChI is InChI=1S/C19H21BrN4O4S2/c1-4-11-9-12(18(26)27-6-3)17(30-11)21-15(25)10-29-19-23-22-16(24(19)5-2)13-7-8-14(20)28-13/h7-9H,4-6,10H2,1-3H3,(H,21,25). The number of hydrogen-bond donors (Lipinski definition) is 1. The van der Waals surface area contributed by atoms with E-state index < -0.39 is 5.97 Å². The summed E-state index contributed by atoms with van der Waals surface area (Å²) < 4.78 is 13.1. The minimum atomic E-state index is -0.434. The van der Waals surface area contributed by atoms with Gasteiger partial charge in [-0.3, -0.25) is 9.36 Å². The van der Waals surface area contributed by atoms with Crippen LogP contribution in [-0.2, 0) is 22.5 Å². The predicted octanol–water partition coefficient (Wildman–Crippen LogP) is 4.85. The molecule has 0 aromatic carbocycles. The van der Waals surface area contributed by atoms with Gasteiger partial charge in [0.25, 0.3) is 0 Å². The number of ether oxygens (including phenoxy) is 1. The Morgan fingerprint density at radius 3 is 2.73 bits per heavy atom. The van der Waals surface area contributed by atoms with E-state index in [0.717, 1.165) is 11.3 Å². The number of thiophene rings is 1. The Morgan fingerprint density at radius 2 is 2.10 bits per heavy atom. The van der Waals surface area contributed by atoms with Gasteiger partial charge in [0.15, 0.2) is 15.6 Å². The number of carbonyl (C=O) groups excluding carboxylic acids is 2. The van der Waals surface area contributed by atoms with Crippen LogP contribution in [0.5, 0.6) is 0 Å². The molecule has 0 saturated heterocycles. The van der Waals surface area contributed by atoms with E-state index in [4.69, 9.17) is 9.15 Å². The Kier molecular flexibility index (Phi) is 7.73. The molecule has 0 aliphatic heterocycles. The summed E-state index contributed by atoms with van der Waals surface area (Å²) in [5.41, 5.74) is 0.388. The summed E-state index contributed by atoms with van der Waals surface area (Å²) in [5, 5.41) is 12.3. The van der Waals surface area contributed by atoms with Crippen molar-refractivity contribution >= 4 is 55.9 Å². The summed E-state index contributed by atoms with van der Waals surface area (Å²) in [4.78, 5) is 25.7. The molecule has 0 spiro atoms. The molecule has 0 aliphatic rings. The first-order valence-electron chi connectivity index (χ1n) is 9.38. The van der Waals surface area contributed by atoms with Crippen LogP contribution in [0.2, 0.25) is 0 Å². The molecular formula is C19H21BrN4O4S2. The summed E-state index contributed by atoms with van der Waals surface area (Å²) in [7, 11) is 0. The number of esters is 1. The number of nitrogens with zero attached hydrogens (tertiary/aromatic N) is 3. The van der Waals surface area contributed by atoms with Gasteiger partial charge >= 0.3 is 5.97 Å². The van der Waals surface area contributed by atoms with Crippen LogP contribution in [-0.4, -0.2) is 39.0 Å². The Hall–Kier alpha value is -2.11. The number of aromatic nitrogens is 3. The first-order valence-corrected chi connectivity index (χ1v) is 12.0. The van der Waals surface area contributed by atoms with Crippen LogP contribution in [0.4, 0.5) is 5.00 Å². The fourth-order valence-corrected chi connectivity index (χ4v) is 4.77. The van der Waals surface area contributed by atoms with Crippen molar-refractivity contribution in [3.8, 4) is 11.6 Å². The fraction of sp³-hybridized carbons (Fsp3) is 0.368. The molecule has 1 amide bonds. The van der Waals surface area contributed by atoms with Gasteiger partial charge in [-0.2, -0.15) is 0 Å². The van der Waals surface area contributed by atoms with Crippen molar-refractivity contribution in [2.24, 2.45) is 0 Å². The van der Waals surface area contributed by atoms with Crippen molar-refractivity contribution in [2.45, 2.75) is 38.9 Å². The predicted molar refractivity (Wildman–Crippen MR) is 120 cm³/mol. The number of halogens is 1. The van der Waals surface area contributed by atoms with Crippen molar-refractivity contribution < 1.29 is 18.7 Å². The number of carbonyl (C=O) groups is 2. The average molecular weight is 513 g/mol. The minimum absolute atomic E-state index is 0.127. The zero-order valence-corrected chi connectivity index (χ0v) is 19.9. The third-order valence-electron chi connectivity index (χ3n) is 4.04. The number of aryl methyl sites for hydroxylation is 1. The molecule has 0 aliphatic carbocycles. The van der Waals surface area contributed by atoms with E-state index in [1.807, 2.05) is 18.4 Å². The van der Waals surface area contributed by atoms with Crippen LogP contribution in [0.15, 0.2) is 32.4 Å². The number of nitrogens with one attached hydrogen (secondary N) is 1. The smallest absolute Gasteiger partial charge is 0.341 e. The molecule has 0 fully saturated rings. The lowest BCUT2D eigenvalue weighted by Crippen LogP contribution is -2.16. The molecule has 11 heteroatoms. The van der Waals surface area contributed by atoms with Crippen LogP contribution in [0, 0.1) is 0 Å². The van der Waals surface area contributed by atoms with Gasteiger partial charge in [0.05, 0.1) is 17.9 Å². The Labute approximate surface area is 190 Å². The van der Waals surface area contributed by atoms with Crippen molar-refractivity contribution in [2.75, 3.05) is 17.7 Å². The number of amides is 1. The first kappa shape index (κ1) is 22.6. The third kappa shape index (κ3) is 5.13. The first-order chi connectivity index (χ1) is 14.5. The lowest BCUT2D eigenvalue weighted by molar-refractivity contribution is -0.113. The molecule has 0 unspecified atom stereocenters. The second kappa shape index (κ2) is 10.3. The summed E-state index contributed by atoms with van der Waals surface area (Å²) in [6, 6.07) is 5.37. The third-order valence-corrected chi connectivity index (χ3v) is 6.63. The highest BCUT2D eigenvalue weighted by Gasteiger charge is 2.20. The molecule has 3 aromatic heterocycles. The molecule has 3 aromatic rings. The highest BCUT2D eigenvalue weighted by Crippen LogP contribution is 2.30. The average Bonchev–Trinajstić information content (AvgIpc) is 3.44. The number of hydrogen-bond acceptors (Lipinski definition) is 8. The Morgan fingerprint density at radius 1 is 1.30 bits per heavy atom. The van der Waals surface area contributed by atoms with Crippen LogP contribution in [0.1, 0.15) is 36.0 Å². The van der Waals surface area contributed by atoms with E-state index in [2.05, 4.69) is 31.4 Å². The van der Waals surface area contributed by atoms with E-state index in [-0.39, 0.29) is 18.3 Å². The molecular weight excluding hydrogens is 492 g/mol. The number of furan rings is 1. The van der Waals surface area contributed by atoms with E-state index in [1.165, 1.54) is 23.1 Å². The summed E-state index contributed by atoms with van der Waals surface area (Å²) in [6.07, 6.45) is 0.771. The van der Waals surface area contributed by atoms with Crippen molar-refractivity contribution in [3.05, 3.63) is 33.3 Å². The molecule has 3 heterocycles. The van der Waals surface area contributed by atoms with Crippen molar-refractivity contribution in [3.63, 3.8) is 0 Å². The molecule has 1 N–H and O–H groups in total. The van der Waals surface area contributed by atoms with E-state index in [0.29, 0.717) is 38.5 Å². The van der Waals surface area contributed by atoms with Crippen LogP contribution in [0.3, 0.4) is 0 Å². The topological polar surface area (TPSA) is 99.2 Å². The van der Waals surface area contributed by atoms with Gasteiger partial charge in [0, 0.05) is 11.4 Å². The number of thioether (sulfide) groups is 1. The normalized spacial score (nSPS) is 10.9. The van der Waals surface area contributed by atoms with E-state index >= 15 is 0 Å². The van der Waals surface area contributed by atoms with Crippen LogP contribution in [0.25, 0.3) is 11.6 Å². The zero-order valence-electron chi connectivity index (χ0n) is 16.7. The Bertz CT molecular complexity index is 1040. The summed E-state index contributed by atoms with van der Waals surface area (Å²) in [5.74, 6) is 0.653. The Balaban J connectivity index is 1.69. The van der Waals surface area contributed by atoms with E-state index in [1.54, 1.807) is 25.1 Å². The van der Waals surface area contributed by atoms with Gasteiger partial charge in [0.1, 0.15) is 5.00 Å². The molecule has 0 bridgehead atoms. The van der Waals surface area contributed by atoms with Gasteiger partial charge in [-0.05, 0) is 54.4 Å². The molecule has 3 rings (SSSR count). The molecule has 160 valence electrons. The maximum Gasteiger partial charge on any atom is 0.341 e. The molecule has 0 atom stereocenters. The van der Waals surface area contributed by atoms with Crippen LogP contribution >= 0.6 is 39.0 Å². The van der Waals surface area contributed by atoms with Gasteiger partial charge in [0.2, 0.25) is 11.7 Å². The number of anilines is 1. The zero-order chi connectivity index (χ0) is 21.7. The lowest BCUT2D eigenvalue weighted by Gasteiger charge is -2.07. The van der Waals surface area contributed by atoms with Gasteiger partial charge < -0.3 is 14.5 Å². The van der Waals surface area contributed by atoms with Crippen LogP contribution < -0.4 is 5.32 Å². The molecule has 0 radical (unpaired) electrons. The molecule has 30 heavy (non-hydrogen) atoms. The quantitative estimate of drug-likeness (QED) is 0.323. The van der Waals surface area contributed by atoms with Gasteiger partial charge in [-0.25, -0.2) is 4.79 Å². The monoisotopic (exact) mass is 512 g/mol. The molecule has 0 saturated carbocycles. The largest absolute Gasteiger partial charge is 0.462 e. The van der Waals surface area contributed by atoms with E-state index in [9.17, 15) is 9.59 Å². The SMILES string of the molecule is CCOC(=O)c1cc(CC)sc1NC(=O)CSc1nnc(-c2ccc(Br)o2)n1CC. The highest BCUT2D eigenvalue weighted by molar-refractivity contribution is 9.10. The lowest BCUT2D eigenvalue weighted by atomic mass is 10.2. The van der Waals surface area contributed by atoms with Gasteiger partial charge in [-0.1, -0.05) is 18.7 Å². The summed E-state index contributed by atoms with van der Waals surface area (Å²) in [6.45, 7) is 6.62. The van der Waals surface area contributed by atoms with Gasteiger partial charge in [-0.15, -0.1) is 21.5 Å². The van der Waals surface area contributed by atoms with Crippen molar-refractivity contribution in [1.82, 2.24) is 14.8 Å². The maximum atomic E-state index is 12.5. The molecule has 8 nitrogen and oxygen atoms in total. The maximum absolute atomic E-state index is 12.5. The summed E-state index contributed by atoms with van der Waals surface area (Å²) >= 11 is 5.94. The minimum Gasteiger partial charge on any atom is -0.462 e. The van der Waals surface area contributed by atoms with Crippen molar-refractivity contribution in [1.29, 1.82) is 0 Å². The fourth-order valence-electron chi connectivity index (χ4n) is 2.66.